The van der Waals surface area contributed by atoms with Gasteiger partial charge < -0.3 is 19.6 Å². The fraction of sp³-hybridized carbons (Fsp3) is 0.222. The van der Waals surface area contributed by atoms with E-state index < -0.39 is 30.6 Å². The minimum Gasteiger partial charge on any atom is -0.480 e. The summed E-state index contributed by atoms with van der Waals surface area (Å²) in [6.07, 6.45) is -1.12. The lowest BCUT2D eigenvalue weighted by molar-refractivity contribution is -0.172. The van der Waals surface area contributed by atoms with E-state index in [2.05, 4.69) is 0 Å². The average molecular weight is 527 g/mol. The molecule has 0 saturated carbocycles. The molecule has 1 aliphatic heterocycles. The zero-order valence-electron chi connectivity index (χ0n) is 19.2. The molecule has 0 radical (unpaired) electrons. The van der Waals surface area contributed by atoms with Crippen LogP contribution < -0.4 is 0 Å². The molecule has 1 fully saturated rings. The molecule has 1 heterocycles. The number of hydrogen-bond donors (Lipinski definition) is 1. The average Bonchev–Trinajstić information content (AvgIpc) is 2.86. The second-order valence-corrected chi connectivity index (χ2v) is 9.26. The molecule has 1 aliphatic rings. The lowest BCUT2D eigenvalue weighted by Gasteiger charge is -2.42. The topological polar surface area (TPSA) is 87.1 Å². The van der Waals surface area contributed by atoms with Gasteiger partial charge in [-0.15, -0.1) is 0 Å². The van der Waals surface area contributed by atoms with E-state index in [1.165, 1.54) is 4.90 Å². The number of hydrogen-bond acceptors (Lipinski definition) is 4. The van der Waals surface area contributed by atoms with Crippen molar-refractivity contribution in [2.24, 2.45) is 0 Å². The quantitative estimate of drug-likeness (QED) is 0.464. The molecule has 0 spiro atoms. The van der Waals surface area contributed by atoms with E-state index in [-0.39, 0.29) is 25.6 Å². The Morgan fingerprint density at radius 3 is 2.42 bits per heavy atom. The molecular formula is C27H24Cl2N2O5. The zero-order chi connectivity index (χ0) is 25.7. The van der Waals surface area contributed by atoms with Crippen molar-refractivity contribution in [3.8, 4) is 0 Å². The Kier molecular flexibility index (Phi) is 8.25. The summed E-state index contributed by atoms with van der Waals surface area (Å²) in [5, 5.41) is 10.5. The Hall–Kier alpha value is -3.39. The van der Waals surface area contributed by atoms with Gasteiger partial charge >= 0.3 is 5.97 Å². The summed E-state index contributed by atoms with van der Waals surface area (Å²) in [6.45, 7) is -0.676. The highest BCUT2D eigenvalue weighted by Gasteiger charge is 2.43. The predicted molar refractivity (Wildman–Crippen MR) is 135 cm³/mol. The number of halogens is 2. The molecule has 2 atom stereocenters. The van der Waals surface area contributed by atoms with E-state index in [0.29, 0.717) is 21.2 Å². The van der Waals surface area contributed by atoms with Crippen LogP contribution in [-0.2, 0) is 32.2 Å². The molecule has 1 N–H and O–H groups in total. The van der Waals surface area contributed by atoms with Gasteiger partial charge in [-0.3, -0.25) is 14.4 Å². The third-order valence-electron chi connectivity index (χ3n) is 5.91. The molecule has 4 rings (SSSR count). The number of carbonyl (C=O) groups is 3. The van der Waals surface area contributed by atoms with Gasteiger partial charge in [-0.05, 0) is 34.9 Å². The van der Waals surface area contributed by atoms with Crippen LogP contribution in [0.15, 0.2) is 78.9 Å². The van der Waals surface area contributed by atoms with Crippen molar-refractivity contribution in [2.45, 2.75) is 25.2 Å². The molecule has 0 aromatic heterocycles. The van der Waals surface area contributed by atoms with E-state index in [1.807, 2.05) is 36.4 Å². The SMILES string of the molecule is O=C(O)CN(Cc1ccccc1Cl)C(=O)[C@@H]1OCC(=O)N(Cc2cccc(Cl)c2)[C@@H]1c1ccccc1. The van der Waals surface area contributed by atoms with Gasteiger partial charge in [0, 0.05) is 23.1 Å². The largest absolute Gasteiger partial charge is 0.480 e. The monoisotopic (exact) mass is 526 g/mol. The number of carboxylic acid groups (broad SMARTS) is 1. The van der Waals surface area contributed by atoms with Gasteiger partial charge in [0.1, 0.15) is 13.2 Å². The first-order chi connectivity index (χ1) is 17.3. The number of amides is 2. The third-order valence-corrected chi connectivity index (χ3v) is 6.52. The Labute approximate surface area is 218 Å². The van der Waals surface area contributed by atoms with Gasteiger partial charge in [-0.2, -0.15) is 0 Å². The molecular weight excluding hydrogens is 503 g/mol. The summed E-state index contributed by atoms with van der Waals surface area (Å²) in [7, 11) is 0. The predicted octanol–water partition coefficient (Wildman–Crippen LogP) is 4.58. The molecule has 3 aromatic rings. The number of aliphatic carboxylic acids is 1. The van der Waals surface area contributed by atoms with Crippen LogP contribution in [0.2, 0.25) is 10.0 Å². The van der Waals surface area contributed by atoms with Crippen molar-refractivity contribution in [2.75, 3.05) is 13.2 Å². The maximum atomic E-state index is 13.8. The van der Waals surface area contributed by atoms with E-state index in [4.69, 9.17) is 27.9 Å². The number of morpholine rings is 1. The van der Waals surface area contributed by atoms with Crippen LogP contribution in [0.3, 0.4) is 0 Å². The number of rotatable bonds is 8. The fourth-order valence-corrected chi connectivity index (χ4v) is 4.68. The highest BCUT2D eigenvalue weighted by molar-refractivity contribution is 6.31. The third kappa shape index (κ3) is 6.05. The maximum Gasteiger partial charge on any atom is 0.323 e. The van der Waals surface area contributed by atoms with Crippen LogP contribution in [0.1, 0.15) is 22.7 Å². The molecule has 2 amide bonds. The van der Waals surface area contributed by atoms with Crippen molar-refractivity contribution in [1.82, 2.24) is 9.80 Å². The molecule has 0 aliphatic carbocycles. The van der Waals surface area contributed by atoms with E-state index in [0.717, 1.165) is 5.56 Å². The number of benzene rings is 3. The number of nitrogens with zero attached hydrogens (tertiary/aromatic N) is 2. The number of ether oxygens (including phenoxy) is 1. The van der Waals surface area contributed by atoms with Gasteiger partial charge in [0.05, 0.1) is 6.04 Å². The van der Waals surface area contributed by atoms with Crippen molar-refractivity contribution < 1.29 is 24.2 Å². The van der Waals surface area contributed by atoms with Crippen molar-refractivity contribution in [3.05, 3.63) is 106 Å². The minimum absolute atomic E-state index is 0.0194. The smallest absolute Gasteiger partial charge is 0.323 e. The zero-order valence-corrected chi connectivity index (χ0v) is 20.7. The number of carboxylic acids is 1. The van der Waals surface area contributed by atoms with E-state index in [1.54, 1.807) is 47.4 Å². The van der Waals surface area contributed by atoms with E-state index >= 15 is 0 Å². The minimum atomic E-state index is -1.17. The summed E-state index contributed by atoms with van der Waals surface area (Å²) in [5.74, 6) is -2.01. The molecule has 7 nitrogen and oxygen atoms in total. The second kappa shape index (κ2) is 11.6. The maximum absolute atomic E-state index is 13.8. The summed E-state index contributed by atoms with van der Waals surface area (Å²) >= 11 is 12.4. The lowest BCUT2D eigenvalue weighted by Crippen LogP contribution is -2.55. The van der Waals surface area contributed by atoms with Gasteiger partial charge in [-0.25, -0.2) is 0 Å². The molecule has 3 aromatic carbocycles. The summed E-state index contributed by atoms with van der Waals surface area (Å²) in [4.78, 5) is 41.3. The van der Waals surface area contributed by atoms with Gasteiger partial charge in [0.25, 0.3) is 5.91 Å². The second-order valence-electron chi connectivity index (χ2n) is 8.42. The fourth-order valence-electron chi connectivity index (χ4n) is 4.27. The first-order valence-electron chi connectivity index (χ1n) is 11.3. The Bertz CT molecular complexity index is 1250. The van der Waals surface area contributed by atoms with E-state index in [9.17, 15) is 19.5 Å². The Balaban J connectivity index is 1.70. The molecule has 1 saturated heterocycles. The van der Waals surface area contributed by atoms with Crippen LogP contribution in [0.4, 0.5) is 0 Å². The van der Waals surface area contributed by atoms with Crippen molar-refractivity contribution in [1.29, 1.82) is 0 Å². The first kappa shape index (κ1) is 25.7. The lowest BCUT2D eigenvalue weighted by atomic mass is 9.95. The number of carbonyl (C=O) groups excluding carboxylic acids is 2. The summed E-state index contributed by atoms with van der Waals surface area (Å²) in [5.41, 5.74) is 2.09. The Morgan fingerprint density at radius 1 is 1.00 bits per heavy atom. The molecule has 0 bridgehead atoms. The van der Waals surface area contributed by atoms with Gasteiger partial charge in [-0.1, -0.05) is 83.9 Å². The van der Waals surface area contributed by atoms with Crippen LogP contribution in [0.5, 0.6) is 0 Å². The van der Waals surface area contributed by atoms with Crippen LogP contribution in [0.25, 0.3) is 0 Å². The normalized spacial score (nSPS) is 17.6. The molecule has 0 unspecified atom stereocenters. The highest BCUT2D eigenvalue weighted by Crippen LogP contribution is 2.33. The Morgan fingerprint density at radius 2 is 1.72 bits per heavy atom. The first-order valence-corrected chi connectivity index (χ1v) is 12.0. The van der Waals surface area contributed by atoms with Crippen LogP contribution >= 0.6 is 23.2 Å². The molecule has 186 valence electrons. The van der Waals surface area contributed by atoms with Crippen molar-refractivity contribution in [3.63, 3.8) is 0 Å². The molecule has 36 heavy (non-hydrogen) atoms. The van der Waals surface area contributed by atoms with Crippen LogP contribution in [0, 0.1) is 0 Å². The highest BCUT2D eigenvalue weighted by atomic mass is 35.5. The van der Waals surface area contributed by atoms with Crippen LogP contribution in [-0.4, -0.2) is 51.9 Å². The van der Waals surface area contributed by atoms with Gasteiger partial charge in [0.15, 0.2) is 6.10 Å². The standard InChI is InChI=1S/C27H24Cl2N2O5/c28-21-11-6-7-18(13-21)14-31-23(32)17-36-26(25(31)19-8-2-1-3-9-19)27(35)30(16-24(33)34)15-20-10-4-5-12-22(20)29/h1-13,25-26H,14-17H2,(H,33,34)/t25-,26-/m1/s1. The van der Waals surface area contributed by atoms with Gasteiger partial charge in [0.2, 0.25) is 5.91 Å². The summed E-state index contributed by atoms with van der Waals surface area (Å²) < 4.78 is 5.81. The van der Waals surface area contributed by atoms with Crippen molar-refractivity contribution >= 4 is 41.0 Å². The summed E-state index contributed by atoms with van der Waals surface area (Å²) in [6, 6.07) is 22.4. The molecule has 9 heteroatoms.